The quantitative estimate of drug-likeness (QED) is 0.655. The van der Waals surface area contributed by atoms with Crippen molar-refractivity contribution in [2.45, 2.75) is 67.3 Å². The molecule has 0 radical (unpaired) electrons. The third-order valence-electron chi connectivity index (χ3n) is 3.17. The van der Waals surface area contributed by atoms with Crippen LogP contribution in [0.3, 0.4) is 0 Å². The van der Waals surface area contributed by atoms with E-state index in [1.807, 2.05) is 33.9 Å². The van der Waals surface area contributed by atoms with Gasteiger partial charge in [-0.1, -0.05) is 60.4 Å². The number of rotatable bonds is 8. The summed E-state index contributed by atoms with van der Waals surface area (Å²) in [6.07, 6.45) is 4.15. The van der Waals surface area contributed by atoms with Crippen LogP contribution in [0.1, 0.15) is 71.7 Å². The Morgan fingerprint density at radius 2 is 1.77 bits per heavy atom. The first kappa shape index (κ1) is 23.7. The van der Waals surface area contributed by atoms with Crippen LogP contribution in [0.4, 0.5) is 0 Å². The van der Waals surface area contributed by atoms with Crippen LogP contribution in [0.15, 0.2) is 18.3 Å². The fourth-order valence-corrected chi connectivity index (χ4v) is 2.28. The molecule has 0 spiro atoms. The minimum atomic E-state index is 0.222. The van der Waals surface area contributed by atoms with Crippen LogP contribution < -0.4 is 4.72 Å². The normalized spacial score (nSPS) is 11.1. The third-order valence-corrected chi connectivity index (χ3v) is 3.48. The Hall–Kier alpha value is -0.580. The minimum absolute atomic E-state index is 0.222. The van der Waals surface area contributed by atoms with Crippen molar-refractivity contribution in [2.24, 2.45) is 0 Å². The van der Waals surface area contributed by atoms with Crippen molar-refractivity contribution < 1.29 is 0 Å². The lowest BCUT2D eigenvalue weighted by Gasteiger charge is -2.22. The number of aromatic nitrogens is 1. The molecule has 1 atom stereocenters. The fourth-order valence-electron chi connectivity index (χ4n) is 2.02. The molecule has 0 aliphatic carbocycles. The summed E-state index contributed by atoms with van der Waals surface area (Å²) in [7, 11) is 0. The molecule has 0 aromatic carbocycles. The third kappa shape index (κ3) is 10.2. The molecule has 1 rings (SSSR count). The van der Waals surface area contributed by atoms with Crippen LogP contribution in [0.5, 0.6) is 0 Å². The van der Waals surface area contributed by atoms with E-state index >= 15 is 0 Å². The van der Waals surface area contributed by atoms with Crippen molar-refractivity contribution in [1.82, 2.24) is 14.6 Å². The molecule has 3 nitrogen and oxygen atoms in total. The van der Waals surface area contributed by atoms with E-state index < -0.39 is 0 Å². The van der Waals surface area contributed by atoms with Crippen LogP contribution in [0.25, 0.3) is 0 Å². The summed E-state index contributed by atoms with van der Waals surface area (Å²) >= 11 is 4.23. The summed E-state index contributed by atoms with van der Waals surface area (Å²) in [5.41, 5.74) is 2.26. The smallest absolute Gasteiger partial charge is 0.0603 e. The van der Waals surface area contributed by atoms with E-state index in [2.05, 4.69) is 60.3 Å². The first-order valence-corrected chi connectivity index (χ1v) is 9.20. The zero-order valence-corrected chi connectivity index (χ0v) is 16.6. The second-order valence-electron chi connectivity index (χ2n) is 4.67. The molecule has 1 aromatic heterocycles. The van der Waals surface area contributed by atoms with Gasteiger partial charge in [0.15, 0.2) is 0 Å². The summed E-state index contributed by atoms with van der Waals surface area (Å²) < 4.78 is 3.06. The molecule has 0 saturated heterocycles. The average Bonchev–Trinajstić information content (AvgIpc) is 2.59. The van der Waals surface area contributed by atoms with Gasteiger partial charge in [0.1, 0.15) is 0 Å². The number of hydrogen-bond donors (Lipinski definition) is 2. The number of nitrogens with zero attached hydrogens (tertiary/aromatic N) is 2. The van der Waals surface area contributed by atoms with E-state index in [9.17, 15) is 0 Å². The summed E-state index contributed by atoms with van der Waals surface area (Å²) in [5.74, 6) is 0. The molecule has 0 amide bonds. The van der Waals surface area contributed by atoms with Crippen molar-refractivity contribution in [3.05, 3.63) is 29.6 Å². The Kier molecular flexibility index (Phi) is 18.1. The van der Waals surface area contributed by atoms with Gasteiger partial charge in [0.05, 0.1) is 11.7 Å². The van der Waals surface area contributed by atoms with Gasteiger partial charge in [0, 0.05) is 12.7 Å². The molecule has 0 aliphatic rings. The van der Waals surface area contributed by atoms with Crippen LogP contribution in [0, 0.1) is 6.92 Å². The number of nitrogens with one attached hydrogen (secondary N) is 1. The maximum atomic E-state index is 4.47. The number of pyridine rings is 1. The molecule has 1 heterocycles. The Morgan fingerprint density at radius 1 is 1.14 bits per heavy atom. The molecule has 1 aromatic rings. The highest BCUT2D eigenvalue weighted by Crippen LogP contribution is 2.16. The van der Waals surface area contributed by atoms with Gasteiger partial charge in [-0.25, -0.2) is 0 Å². The zero-order valence-electron chi connectivity index (χ0n) is 15.7. The topological polar surface area (TPSA) is 28.2 Å². The van der Waals surface area contributed by atoms with Gasteiger partial charge < -0.3 is 4.90 Å². The van der Waals surface area contributed by atoms with Crippen LogP contribution >= 0.6 is 12.8 Å². The monoisotopic (exact) mass is 327 g/mol. The van der Waals surface area contributed by atoms with Crippen LogP contribution in [0.2, 0.25) is 0 Å². The van der Waals surface area contributed by atoms with Gasteiger partial charge in [-0.2, -0.15) is 0 Å². The average molecular weight is 328 g/mol. The molecular weight excluding hydrogens is 290 g/mol. The van der Waals surface area contributed by atoms with E-state index in [1.54, 1.807) is 0 Å². The number of hydrogen-bond acceptors (Lipinski definition) is 4. The maximum Gasteiger partial charge on any atom is 0.0603 e. The predicted molar refractivity (Wildman–Crippen MR) is 104 cm³/mol. The van der Waals surface area contributed by atoms with Crippen molar-refractivity contribution in [3.63, 3.8) is 0 Å². The van der Waals surface area contributed by atoms with Crippen molar-refractivity contribution in [2.75, 3.05) is 19.6 Å². The predicted octanol–water partition coefficient (Wildman–Crippen LogP) is 5.04. The first-order chi connectivity index (χ1) is 10.7. The molecule has 4 heteroatoms. The second-order valence-corrected chi connectivity index (χ2v) is 4.92. The van der Waals surface area contributed by atoms with E-state index in [0.29, 0.717) is 0 Å². The van der Waals surface area contributed by atoms with Crippen molar-refractivity contribution in [1.29, 1.82) is 0 Å². The van der Waals surface area contributed by atoms with Crippen LogP contribution in [-0.2, 0) is 0 Å². The summed E-state index contributed by atoms with van der Waals surface area (Å²) in [4.78, 5) is 6.93. The Morgan fingerprint density at radius 3 is 2.18 bits per heavy atom. The van der Waals surface area contributed by atoms with Gasteiger partial charge in [-0.3, -0.25) is 9.71 Å². The molecule has 1 N–H and O–H groups in total. The van der Waals surface area contributed by atoms with E-state index in [-0.39, 0.29) is 6.04 Å². The minimum Gasteiger partial charge on any atom is -0.304 e. The summed E-state index contributed by atoms with van der Waals surface area (Å²) in [6.45, 7) is 17.8. The lowest BCUT2D eigenvalue weighted by atomic mass is 10.1. The van der Waals surface area contributed by atoms with Crippen molar-refractivity contribution >= 4 is 12.8 Å². The molecule has 0 bridgehead atoms. The van der Waals surface area contributed by atoms with E-state index in [0.717, 1.165) is 31.7 Å². The lowest BCUT2D eigenvalue weighted by Crippen LogP contribution is -2.28. The summed E-state index contributed by atoms with van der Waals surface area (Å²) in [6, 6.07) is 4.41. The lowest BCUT2D eigenvalue weighted by molar-refractivity contribution is 0.274. The van der Waals surface area contributed by atoms with Gasteiger partial charge in [-0.05, 0) is 44.5 Å². The molecule has 1 unspecified atom stereocenters. The second kappa shape index (κ2) is 16.8. The van der Waals surface area contributed by atoms with Gasteiger partial charge in [0.25, 0.3) is 0 Å². The largest absolute Gasteiger partial charge is 0.304 e. The number of thiol groups is 1. The van der Waals surface area contributed by atoms with Crippen molar-refractivity contribution in [3.8, 4) is 0 Å². The highest BCUT2D eigenvalue weighted by molar-refractivity contribution is 7.78. The van der Waals surface area contributed by atoms with Gasteiger partial charge in [-0.15, -0.1) is 0 Å². The Bertz CT molecular complexity index is 328. The fraction of sp³-hybridized carbons (Fsp3) is 0.722. The SMILES string of the molecule is CC.CC.CCCN(CC)CCC(NS)c1ccc(C)cn1. The first-order valence-electron chi connectivity index (χ1n) is 8.75. The van der Waals surface area contributed by atoms with E-state index in [4.69, 9.17) is 0 Å². The Labute approximate surface area is 144 Å². The molecular formula is C18H37N3S. The van der Waals surface area contributed by atoms with Crippen LogP contribution in [-0.4, -0.2) is 29.5 Å². The number of aryl methyl sites for hydroxylation is 1. The Balaban J connectivity index is 0. The van der Waals surface area contributed by atoms with Gasteiger partial charge >= 0.3 is 0 Å². The van der Waals surface area contributed by atoms with E-state index in [1.165, 1.54) is 12.0 Å². The molecule has 130 valence electrons. The highest BCUT2D eigenvalue weighted by atomic mass is 32.1. The molecule has 0 fully saturated rings. The molecule has 0 aliphatic heterocycles. The van der Waals surface area contributed by atoms with Gasteiger partial charge in [0.2, 0.25) is 0 Å². The summed E-state index contributed by atoms with van der Waals surface area (Å²) in [5, 5.41) is 0. The zero-order chi connectivity index (χ0) is 17.4. The highest BCUT2D eigenvalue weighted by Gasteiger charge is 2.12. The maximum absolute atomic E-state index is 4.47. The standard InChI is InChI=1S/C14H25N3S.2C2H6/c1-4-9-17(5-2)10-8-14(16-18)13-7-6-12(3)11-15-13;2*1-2/h6-7,11,14,16,18H,4-5,8-10H2,1-3H3;2*1-2H3. The molecule has 0 saturated carbocycles. The molecule has 22 heavy (non-hydrogen) atoms.